The average molecular weight is 255 g/mol. The second-order valence-electron chi connectivity index (χ2n) is 3.28. The highest BCUT2D eigenvalue weighted by molar-refractivity contribution is 7.18. The lowest BCUT2D eigenvalue weighted by molar-refractivity contribution is -0.136. The van der Waals surface area contributed by atoms with E-state index in [1.165, 1.54) is 0 Å². The van der Waals surface area contributed by atoms with Crippen LogP contribution in [0.5, 0.6) is 0 Å². The van der Waals surface area contributed by atoms with Gasteiger partial charge in [0.2, 0.25) is 0 Å². The molecule has 0 saturated heterocycles. The van der Waals surface area contributed by atoms with E-state index in [1.54, 1.807) is 0 Å². The van der Waals surface area contributed by atoms with E-state index < -0.39 is 23.3 Å². The molecule has 0 atom stereocenters. The molecule has 5 nitrogen and oxygen atoms in total. The Morgan fingerprint density at radius 3 is 2.65 bits per heavy atom. The first-order valence-electron chi connectivity index (χ1n) is 4.51. The number of rotatable bonds is 3. The van der Waals surface area contributed by atoms with E-state index in [2.05, 4.69) is 4.98 Å². The van der Waals surface area contributed by atoms with Crippen LogP contribution >= 0.6 is 11.3 Å². The Hall–Kier alpha value is -2.02. The summed E-state index contributed by atoms with van der Waals surface area (Å²) >= 11 is 1.04. The highest BCUT2D eigenvalue weighted by atomic mass is 32.1. The van der Waals surface area contributed by atoms with Crippen molar-refractivity contribution in [1.82, 2.24) is 4.98 Å². The number of thiazole rings is 1. The van der Waals surface area contributed by atoms with Crippen LogP contribution in [-0.2, 0) is 11.2 Å². The molecule has 2 aromatic rings. The number of hydrogen-bond donors (Lipinski definition) is 2. The van der Waals surface area contributed by atoms with Crippen molar-refractivity contribution in [2.45, 2.75) is 6.42 Å². The fourth-order valence-corrected chi connectivity index (χ4v) is 2.33. The van der Waals surface area contributed by atoms with Crippen LogP contribution < -0.4 is 0 Å². The van der Waals surface area contributed by atoms with Crippen LogP contribution in [0, 0.1) is 5.82 Å². The lowest BCUT2D eigenvalue weighted by atomic mass is 10.2. The van der Waals surface area contributed by atoms with Crippen molar-refractivity contribution in [2.75, 3.05) is 0 Å². The summed E-state index contributed by atoms with van der Waals surface area (Å²) in [7, 11) is 0. The SMILES string of the molecule is O=C(O)Cc1nc2cc(C(=O)O)c(F)cc2s1. The summed E-state index contributed by atoms with van der Waals surface area (Å²) < 4.78 is 13.8. The van der Waals surface area contributed by atoms with E-state index in [4.69, 9.17) is 10.2 Å². The van der Waals surface area contributed by atoms with Gasteiger partial charge < -0.3 is 10.2 Å². The minimum atomic E-state index is -1.38. The molecule has 1 aromatic heterocycles. The van der Waals surface area contributed by atoms with Gasteiger partial charge in [-0.1, -0.05) is 0 Å². The lowest BCUT2D eigenvalue weighted by Gasteiger charge is -1.95. The minimum Gasteiger partial charge on any atom is -0.481 e. The maximum absolute atomic E-state index is 13.3. The van der Waals surface area contributed by atoms with Gasteiger partial charge in [-0.15, -0.1) is 11.3 Å². The molecule has 88 valence electrons. The number of benzene rings is 1. The molecule has 0 fully saturated rings. The van der Waals surface area contributed by atoms with Gasteiger partial charge in [0.1, 0.15) is 10.8 Å². The average Bonchev–Trinajstić information content (AvgIpc) is 2.56. The van der Waals surface area contributed by atoms with Crippen LogP contribution in [0.15, 0.2) is 12.1 Å². The van der Waals surface area contributed by atoms with Crippen LogP contribution in [0.2, 0.25) is 0 Å². The number of hydrogen-bond acceptors (Lipinski definition) is 4. The first-order valence-corrected chi connectivity index (χ1v) is 5.33. The molecule has 0 amide bonds. The third kappa shape index (κ3) is 2.23. The standard InChI is InChI=1S/C10H6FNO4S/c11-5-2-7-6(1-4(5)10(15)16)12-8(17-7)3-9(13)14/h1-2H,3H2,(H,13,14)(H,15,16). The number of aromatic carboxylic acids is 1. The molecular weight excluding hydrogens is 249 g/mol. The summed E-state index contributed by atoms with van der Waals surface area (Å²) in [5, 5.41) is 17.6. The van der Waals surface area contributed by atoms with E-state index in [-0.39, 0.29) is 6.42 Å². The molecule has 17 heavy (non-hydrogen) atoms. The quantitative estimate of drug-likeness (QED) is 0.872. The van der Waals surface area contributed by atoms with E-state index in [0.717, 1.165) is 23.5 Å². The molecule has 7 heteroatoms. The van der Waals surface area contributed by atoms with Gasteiger partial charge in [-0.3, -0.25) is 4.79 Å². The summed E-state index contributed by atoms with van der Waals surface area (Å²) in [4.78, 5) is 25.1. The van der Waals surface area contributed by atoms with Gasteiger partial charge in [-0.25, -0.2) is 14.2 Å². The molecule has 0 unspecified atom stereocenters. The van der Waals surface area contributed by atoms with Crippen LogP contribution in [0.3, 0.4) is 0 Å². The third-order valence-electron chi connectivity index (χ3n) is 2.05. The molecule has 0 aliphatic carbocycles. The Bertz CT molecular complexity index is 622. The summed E-state index contributed by atoms with van der Waals surface area (Å²) in [6.45, 7) is 0. The molecule has 0 aliphatic heterocycles. The summed E-state index contributed by atoms with van der Waals surface area (Å²) in [5.41, 5.74) is -0.172. The van der Waals surface area contributed by atoms with Gasteiger partial charge in [0.25, 0.3) is 0 Å². The number of carbonyl (C=O) groups is 2. The Kier molecular flexibility index (Phi) is 2.76. The predicted octanol–water partition coefficient (Wildman–Crippen LogP) is 1.76. The zero-order valence-electron chi connectivity index (χ0n) is 8.31. The number of aliphatic carboxylic acids is 1. The predicted molar refractivity (Wildman–Crippen MR) is 57.9 cm³/mol. The van der Waals surface area contributed by atoms with Gasteiger partial charge in [-0.05, 0) is 12.1 Å². The molecular formula is C10H6FNO4S. The molecule has 0 saturated carbocycles. The summed E-state index contributed by atoms with van der Waals surface area (Å²) in [5.74, 6) is -3.27. The smallest absolute Gasteiger partial charge is 0.338 e. The number of carboxylic acid groups (broad SMARTS) is 2. The zero-order valence-corrected chi connectivity index (χ0v) is 9.12. The van der Waals surface area contributed by atoms with Crippen LogP contribution in [0.4, 0.5) is 4.39 Å². The Balaban J connectivity index is 2.54. The summed E-state index contributed by atoms with van der Waals surface area (Å²) in [6, 6.07) is 2.16. The maximum Gasteiger partial charge on any atom is 0.338 e. The number of nitrogens with zero attached hydrogens (tertiary/aromatic N) is 1. The maximum atomic E-state index is 13.3. The van der Waals surface area contributed by atoms with Crippen molar-refractivity contribution in [1.29, 1.82) is 0 Å². The van der Waals surface area contributed by atoms with Gasteiger partial charge in [0, 0.05) is 0 Å². The highest BCUT2D eigenvalue weighted by Crippen LogP contribution is 2.25. The van der Waals surface area contributed by atoms with Crippen LogP contribution in [0.1, 0.15) is 15.4 Å². The minimum absolute atomic E-state index is 0.261. The monoisotopic (exact) mass is 255 g/mol. The van der Waals surface area contributed by atoms with Crippen LogP contribution in [0.25, 0.3) is 10.2 Å². The van der Waals surface area contributed by atoms with Crippen molar-refractivity contribution in [2.24, 2.45) is 0 Å². The highest BCUT2D eigenvalue weighted by Gasteiger charge is 2.15. The number of aromatic nitrogens is 1. The fourth-order valence-electron chi connectivity index (χ4n) is 1.37. The second kappa shape index (κ2) is 4.10. The van der Waals surface area contributed by atoms with Gasteiger partial charge in [0.15, 0.2) is 0 Å². The van der Waals surface area contributed by atoms with Crippen molar-refractivity contribution in [3.63, 3.8) is 0 Å². The Morgan fingerprint density at radius 2 is 2.06 bits per heavy atom. The number of halogens is 1. The lowest BCUT2D eigenvalue weighted by Crippen LogP contribution is -2.00. The first-order chi connectivity index (χ1) is 7.97. The van der Waals surface area contributed by atoms with E-state index >= 15 is 0 Å². The first kappa shape index (κ1) is 11.5. The van der Waals surface area contributed by atoms with Crippen molar-refractivity contribution < 1.29 is 24.2 Å². The molecule has 2 N–H and O–H groups in total. The van der Waals surface area contributed by atoms with Crippen molar-refractivity contribution >= 4 is 33.5 Å². The normalized spacial score (nSPS) is 10.6. The molecule has 1 heterocycles. The second-order valence-corrected chi connectivity index (χ2v) is 4.40. The van der Waals surface area contributed by atoms with E-state index in [0.29, 0.717) is 15.2 Å². The topological polar surface area (TPSA) is 87.5 Å². The van der Waals surface area contributed by atoms with E-state index in [1.807, 2.05) is 0 Å². The number of carboxylic acids is 2. The molecule has 1 aromatic carbocycles. The largest absolute Gasteiger partial charge is 0.481 e. The molecule has 2 rings (SSSR count). The van der Waals surface area contributed by atoms with Crippen LogP contribution in [-0.4, -0.2) is 27.1 Å². The fraction of sp³-hybridized carbons (Fsp3) is 0.100. The molecule has 0 radical (unpaired) electrons. The zero-order chi connectivity index (χ0) is 12.6. The van der Waals surface area contributed by atoms with Gasteiger partial charge in [0.05, 0.1) is 22.2 Å². The molecule has 0 spiro atoms. The summed E-state index contributed by atoms with van der Waals surface area (Å²) in [6.07, 6.45) is -0.261. The van der Waals surface area contributed by atoms with Gasteiger partial charge in [-0.2, -0.15) is 0 Å². The Labute approximate surface area is 98.1 Å². The molecule has 0 aliphatic rings. The van der Waals surface area contributed by atoms with E-state index in [9.17, 15) is 14.0 Å². The third-order valence-corrected chi connectivity index (χ3v) is 3.07. The Morgan fingerprint density at radius 1 is 1.35 bits per heavy atom. The van der Waals surface area contributed by atoms with Crippen molar-refractivity contribution in [3.8, 4) is 0 Å². The van der Waals surface area contributed by atoms with Crippen molar-refractivity contribution in [3.05, 3.63) is 28.5 Å². The molecule has 0 bridgehead atoms. The number of fused-ring (bicyclic) bond motifs is 1. The van der Waals surface area contributed by atoms with Gasteiger partial charge >= 0.3 is 11.9 Å².